The van der Waals surface area contributed by atoms with Gasteiger partial charge in [0, 0.05) is 25.7 Å². The zero-order valence-electron chi connectivity index (χ0n) is 12.7. The maximum absolute atomic E-state index is 11.6. The SMILES string of the molecule is CCC1(CC)CCN(c2ccc(C(=O)NC)cc2N)C1. The average Bonchev–Trinajstić information content (AvgIpc) is 2.91. The Hall–Kier alpha value is -1.71. The highest BCUT2D eigenvalue weighted by atomic mass is 16.1. The van der Waals surface area contributed by atoms with E-state index in [-0.39, 0.29) is 5.91 Å². The quantitative estimate of drug-likeness (QED) is 0.831. The van der Waals surface area contributed by atoms with Crippen LogP contribution in [-0.2, 0) is 0 Å². The summed E-state index contributed by atoms with van der Waals surface area (Å²) in [7, 11) is 1.63. The van der Waals surface area contributed by atoms with Crippen molar-refractivity contribution in [1.82, 2.24) is 5.32 Å². The summed E-state index contributed by atoms with van der Waals surface area (Å²) in [4.78, 5) is 14.0. The predicted octanol–water partition coefficient (Wildman–Crippen LogP) is 2.64. The third kappa shape index (κ3) is 2.60. The summed E-state index contributed by atoms with van der Waals surface area (Å²) < 4.78 is 0. The van der Waals surface area contributed by atoms with Crippen molar-refractivity contribution in [3.8, 4) is 0 Å². The van der Waals surface area contributed by atoms with Gasteiger partial charge >= 0.3 is 0 Å². The maximum Gasteiger partial charge on any atom is 0.251 e. The Morgan fingerprint density at radius 2 is 2.10 bits per heavy atom. The van der Waals surface area contributed by atoms with Crippen LogP contribution in [0.2, 0.25) is 0 Å². The summed E-state index contributed by atoms with van der Waals surface area (Å²) in [6, 6.07) is 5.59. The van der Waals surface area contributed by atoms with Crippen LogP contribution >= 0.6 is 0 Å². The fourth-order valence-corrected chi connectivity index (χ4v) is 3.10. The van der Waals surface area contributed by atoms with Crippen LogP contribution < -0.4 is 16.0 Å². The van der Waals surface area contributed by atoms with Gasteiger partial charge in [-0.1, -0.05) is 13.8 Å². The Bertz CT molecular complexity index is 494. The lowest BCUT2D eigenvalue weighted by atomic mass is 9.82. The van der Waals surface area contributed by atoms with Gasteiger partial charge in [-0.2, -0.15) is 0 Å². The fraction of sp³-hybridized carbons (Fsp3) is 0.562. The number of rotatable bonds is 4. The predicted molar refractivity (Wildman–Crippen MR) is 84.1 cm³/mol. The van der Waals surface area contributed by atoms with Crippen LogP contribution in [0.25, 0.3) is 0 Å². The van der Waals surface area contributed by atoms with E-state index in [1.807, 2.05) is 12.1 Å². The fourth-order valence-electron chi connectivity index (χ4n) is 3.10. The van der Waals surface area contributed by atoms with Crippen molar-refractivity contribution in [3.05, 3.63) is 23.8 Å². The molecule has 0 aliphatic carbocycles. The lowest BCUT2D eigenvalue weighted by molar-refractivity contribution is 0.0963. The molecule has 0 bridgehead atoms. The molecule has 0 radical (unpaired) electrons. The van der Waals surface area contributed by atoms with Gasteiger partial charge in [-0.15, -0.1) is 0 Å². The number of nitrogens with one attached hydrogen (secondary N) is 1. The van der Waals surface area contributed by atoms with E-state index in [4.69, 9.17) is 5.73 Å². The molecule has 4 heteroatoms. The molecule has 1 aliphatic rings. The molecular weight excluding hydrogens is 250 g/mol. The van der Waals surface area contributed by atoms with Crippen LogP contribution in [0.3, 0.4) is 0 Å². The molecule has 0 unspecified atom stereocenters. The lowest BCUT2D eigenvalue weighted by Crippen LogP contribution is -2.27. The third-order valence-corrected chi connectivity index (χ3v) is 4.80. The molecule has 1 aromatic rings. The topological polar surface area (TPSA) is 58.4 Å². The smallest absolute Gasteiger partial charge is 0.251 e. The van der Waals surface area contributed by atoms with E-state index >= 15 is 0 Å². The largest absolute Gasteiger partial charge is 0.397 e. The minimum absolute atomic E-state index is 0.0962. The molecule has 1 aromatic carbocycles. The van der Waals surface area contributed by atoms with Gasteiger partial charge in [-0.05, 0) is 42.9 Å². The second-order valence-electron chi connectivity index (χ2n) is 5.73. The van der Waals surface area contributed by atoms with Gasteiger partial charge < -0.3 is 16.0 Å². The summed E-state index contributed by atoms with van der Waals surface area (Å²) in [5.41, 5.74) is 8.93. The van der Waals surface area contributed by atoms with Crippen molar-refractivity contribution in [1.29, 1.82) is 0 Å². The Morgan fingerprint density at radius 3 is 2.60 bits per heavy atom. The highest BCUT2D eigenvalue weighted by Crippen LogP contribution is 2.40. The number of nitrogens with zero attached hydrogens (tertiary/aromatic N) is 1. The summed E-state index contributed by atoms with van der Waals surface area (Å²) in [5.74, 6) is -0.0962. The number of carbonyl (C=O) groups excluding carboxylic acids is 1. The molecule has 4 nitrogen and oxygen atoms in total. The molecule has 3 N–H and O–H groups in total. The van der Waals surface area contributed by atoms with Crippen LogP contribution in [0, 0.1) is 5.41 Å². The van der Waals surface area contributed by atoms with Crippen LogP contribution in [0.1, 0.15) is 43.5 Å². The summed E-state index contributed by atoms with van der Waals surface area (Å²) in [5, 5.41) is 2.62. The molecule has 1 heterocycles. The number of nitrogen functional groups attached to an aromatic ring is 1. The van der Waals surface area contributed by atoms with Crippen molar-refractivity contribution >= 4 is 17.3 Å². The first-order valence-corrected chi connectivity index (χ1v) is 7.42. The minimum atomic E-state index is -0.0962. The molecule has 1 amide bonds. The van der Waals surface area contributed by atoms with Gasteiger partial charge in [0.05, 0.1) is 11.4 Å². The molecule has 2 rings (SSSR count). The molecule has 0 aromatic heterocycles. The average molecular weight is 275 g/mol. The van der Waals surface area contributed by atoms with Gasteiger partial charge in [0.2, 0.25) is 0 Å². The number of hydrogen-bond donors (Lipinski definition) is 2. The Kier molecular flexibility index (Phi) is 4.21. The molecule has 0 saturated carbocycles. The van der Waals surface area contributed by atoms with Crippen LogP contribution in [0.5, 0.6) is 0 Å². The molecule has 1 fully saturated rings. The first kappa shape index (κ1) is 14.7. The van der Waals surface area contributed by atoms with E-state index in [0.29, 0.717) is 16.7 Å². The normalized spacial score (nSPS) is 17.2. The van der Waals surface area contributed by atoms with Gasteiger partial charge in [0.1, 0.15) is 0 Å². The molecule has 1 aliphatic heterocycles. The second kappa shape index (κ2) is 5.73. The lowest BCUT2D eigenvalue weighted by Gasteiger charge is -2.27. The van der Waals surface area contributed by atoms with Crippen molar-refractivity contribution in [2.75, 3.05) is 30.8 Å². The molecule has 20 heavy (non-hydrogen) atoms. The summed E-state index contributed by atoms with van der Waals surface area (Å²) in [6.45, 7) is 6.64. The molecular formula is C16H25N3O. The number of anilines is 2. The van der Waals surface area contributed by atoms with E-state index in [1.165, 1.54) is 19.3 Å². The number of nitrogens with two attached hydrogens (primary N) is 1. The van der Waals surface area contributed by atoms with Gasteiger partial charge in [-0.25, -0.2) is 0 Å². The zero-order chi connectivity index (χ0) is 14.8. The van der Waals surface area contributed by atoms with E-state index in [2.05, 4.69) is 24.1 Å². The number of amides is 1. The highest BCUT2D eigenvalue weighted by Gasteiger charge is 2.35. The van der Waals surface area contributed by atoms with Crippen molar-refractivity contribution in [2.45, 2.75) is 33.1 Å². The zero-order valence-corrected chi connectivity index (χ0v) is 12.7. The molecule has 1 saturated heterocycles. The summed E-state index contributed by atoms with van der Waals surface area (Å²) in [6.07, 6.45) is 3.63. The first-order valence-electron chi connectivity index (χ1n) is 7.42. The van der Waals surface area contributed by atoms with Crippen molar-refractivity contribution < 1.29 is 4.79 Å². The summed E-state index contributed by atoms with van der Waals surface area (Å²) >= 11 is 0. The maximum atomic E-state index is 11.6. The van der Waals surface area contributed by atoms with Crippen LogP contribution in [0.15, 0.2) is 18.2 Å². The van der Waals surface area contributed by atoms with E-state index in [0.717, 1.165) is 18.8 Å². The van der Waals surface area contributed by atoms with Crippen LogP contribution in [0.4, 0.5) is 11.4 Å². The number of hydrogen-bond acceptors (Lipinski definition) is 3. The van der Waals surface area contributed by atoms with Crippen LogP contribution in [-0.4, -0.2) is 26.0 Å². The van der Waals surface area contributed by atoms with Crippen molar-refractivity contribution in [2.24, 2.45) is 5.41 Å². The van der Waals surface area contributed by atoms with E-state index in [1.54, 1.807) is 13.1 Å². The third-order valence-electron chi connectivity index (χ3n) is 4.80. The van der Waals surface area contributed by atoms with Gasteiger partial charge in [-0.3, -0.25) is 4.79 Å². The van der Waals surface area contributed by atoms with Crippen molar-refractivity contribution in [3.63, 3.8) is 0 Å². The molecule has 0 atom stereocenters. The Balaban J connectivity index is 2.21. The van der Waals surface area contributed by atoms with Gasteiger partial charge in [0.15, 0.2) is 0 Å². The number of benzene rings is 1. The standard InChI is InChI=1S/C16H25N3O/c1-4-16(5-2)8-9-19(11-16)14-7-6-12(10-13(14)17)15(20)18-3/h6-7,10H,4-5,8-9,11,17H2,1-3H3,(H,18,20). The molecule has 110 valence electrons. The highest BCUT2D eigenvalue weighted by molar-refractivity contribution is 5.96. The number of carbonyl (C=O) groups is 1. The monoisotopic (exact) mass is 275 g/mol. The second-order valence-corrected chi connectivity index (χ2v) is 5.73. The molecule has 0 spiro atoms. The Morgan fingerprint density at radius 1 is 1.40 bits per heavy atom. The first-order chi connectivity index (χ1) is 9.55. The minimum Gasteiger partial charge on any atom is -0.397 e. The van der Waals surface area contributed by atoms with E-state index < -0.39 is 0 Å². The van der Waals surface area contributed by atoms with Gasteiger partial charge in [0.25, 0.3) is 5.91 Å². The van der Waals surface area contributed by atoms with E-state index in [9.17, 15) is 4.79 Å². The Labute approximate surface area is 121 Å².